The second-order valence-corrected chi connectivity index (χ2v) is 30.5. The summed E-state index contributed by atoms with van der Waals surface area (Å²) in [6.07, 6.45) is 7.66. The van der Waals surface area contributed by atoms with E-state index in [-0.39, 0.29) is 160 Å². The van der Waals surface area contributed by atoms with Crippen LogP contribution in [0.5, 0.6) is 34.5 Å². The van der Waals surface area contributed by atoms with Crippen LogP contribution in [0.2, 0.25) is 30.1 Å². The minimum absolute atomic E-state index is 0.0643. The number of aromatic nitrogens is 6. The summed E-state index contributed by atoms with van der Waals surface area (Å²) < 4.78 is 37.5. The first-order chi connectivity index (χ1) is 57.0. The van der Waals surface area contributed by atoms with Crippen molar-refractivity contribution in [2.75, 3.05) is 162 Å². The molecule has 9 heterocycles. The van der Waals surface area contributed by atoms with E-state index in [9.17, 15) is 48.3 Å². The summed E-state index contributed by atoms with van der Waals surface area (Å²) >= 11 is 39.3. The van der Waals surface area contributed by atoms with Gasteiger partial charge in [0, 0.05) is 114 Å². The van der Waals surface area contributed by atoms with Gasteiger partial charge in [0.1, 0.15) is 94.3 Å². The molecule has 642 valence electrons. The van der Waals surface area contributed by atoms with Crippen LogP contribution in [0.25, 0.3) is 0 Å². The fourth-order valence-corrected chi connectivity index (χ4v) is 15.7. The van der Waals surface area contributed by atoms with Gasteiger partial charge in [0.2, 0.25) is 47.4 Å². The van der Waals surface area contributed by atoms with Gasteiger partial charge in [0.15, 0.2) is 0 Å². The topological polar surface area (TPSA) is 443 Å². The monoisotopic (exact) mass is 1780 g/mol. The van der Waals surface area contributed by atoms with Gasteiger partial charge in [-0.05, 0) is 39.0 Å². The van der Waals surface area contributed by atoms with E-state index in [2.05, 4.69) is 81.5 Å². The fourth-order valence-electron chi connectivity index (χ4n) is 13.6. The normalized spacial score (nSPS) is 18.5. The largest absolute Gasteiger partial charge is 0.495 e. The zero-order valence-electron chi connectivity index (χ0n) is 67.1. The third-order valence-electron chi connectivity index (χ3n) is 19.6. The number of likely N-dealkylation sites (tertiary alicyclic amines) is 3. The van der Waals surface area contributed by atoms with Crippen LogP contribution in [0.15, 0.2) is 74.8 Å². The molecule has 6 aliphatic rings. The maximum Gasteiger partial charge on any atom is 0.410 e. The highest BCUT2D eigenvalue weighted by molar-refractivity contribution is 6.44. The number of nitrogens with two attached hydrogens (primary N) is 1. The first-order valence-electron chi connectivity index (χ1n) is 36.5. The minimum atomic E-state index is -0.681. The number of fused-ring (bicyclic) bond motifs is 3. The molecule has 39 nitrogen and oxygen atoms in total. The number of halogens is 6. The van der Waals surface area contributed by atoms with Crippen molar-refractivity contribution in [1.82, 2.24) is 60.6 Å². The summed E-state index contributed by atoms with van der Waals surface area (Å²) in [5.41, 5.74) is 7.38. The van der Waals surface area contributed by atoms with Crippen molar-refractivity contribution in [3.63, 3.8) is 0 Å². The van der Waals surface area contributed by atoms with Crippen molar-refractivity contribution in [3.8, 4) is 34.5 Å². The van der Waals surface area contributed by atoms with Gasteiger partial charge in [-0.2, -0.15) is 15.0 Å². The zero-order valence-corrected chi connectivity index (χ0v) is 71.6. The lowest BCUT2D eigenvalue weighted by Crippen LogP contribution is -2.47. The average molecular weight is 1780 g/mol. The second-order valence-electron chi connectivity index (χ2n) is 28.2. The molecule has 6 aliphatic heterocycles. The Morgan fingerprint density at radius 3 is 0.967 bits per heavy atom. The van der Waals surface area contributed by atoms with Gasteiger partial charge >= 0.3 is 24.2 Å². The number of anilines is 9. The lowest BCUT2D eigenvalue weighted by molar-refractivity contribution is -0.133. The van der Waals surface area contributed by atoms with Crippen LogP contribution in [0.4, 0.5) is 71.5 Å². The highest BCUT2D eigenvalue weighted by Crippen LogP contribution is 2.51. The Morgan fingerprint density at radius 2 is 0.717 bits per heavy atom. The molecule has 12 rings (SSSR count). The van der Waals surface area contributed by atoms with Crippen LogP contribution in [-0.2, 0) is 48.3 Å². The number of aliphatic hydroxyl groups excluding tert-OH is 1. The summed E-state index contributed by atoms with van der Waals surface area (Å²) in [6.45, 7) is 16.5. The van der Waals surface area contributed by atoms with Gasteiger partial charge < -0.3 is 90.6 Å². The molecule has 6 aromatic rings. The van der Waals surface area contributed by atoms with Crippen LogP contribution in [0.1, 0.15) is 37.5 Å². The number of ether oxygens (including phenoxy) is 7. The molecule has 3 saturated heterocycles. The number of nitrogens with one attached hydrogen (secondary N) is 6. The van der Waals surface area contributed by atoms with E-state index >= 15 is 0 Å². The van der Waals surface area contributed by atoms with Crippen molar-refractivity contribution < 1.29 is 81.4 Å². The van der Waals surface area contributed by atoms with E-state index in [1.807, 2.05) is 0 Å². The molecule has 0 radical (unpaired) electrons. The Labute approximate surface area is 719 Å². The number of hydrogen-bond acceptors (Lipinski definition) is 27. The number of benzene rings is 3. The van der Waals surface area contributed by atoms with E-state index in [0.29, 0.717) is 57.1 Å². The molecule has 0 spiro atoms. The zero-order chi connectivity index (χ0) is 87.8. The van der Waals surface area contributed by atoms with Crippen LogP contribution in [0.3, 0.4) is 0 Å². The van der Waals surface area contributed by atoms with Crippen molar-refractivity contribution in [2.24, 2.45) is 5.73 Å². The Kier molecular flexibility index (Phi) is 29.2. The smallest absolute Gasteiger partial charge is 0.410 e. The molecule has 0 bridgehead atoms. The molecule has 6 atom stereocenters. The molecule has 3 aromatic carbocycles. The van der Waals surface area contributed by atoms with Gasteiger partial charge in [-0.3, -0.25) is 53.4 Å². The number of aliphatic hydroxyl groups is 1. The number of urea groups is 3. The summed E-state index contributed by atoms with van der Waals surface area (Å²) in [4.78, 5) is 153. The molecule has 12 amide bonds. The molecule has 9 N–H and O–H groups in total. The molecule has 45 heteroatoms. The van der Waals surface area contributed by atoms with Crippen molar-refractivity contribution in [2.45, 2.75) is 82.3 Å². The first kappa shape index (κ1) is 90.7. The number of hydrogen-bond donors (Lipinski definition) is 8. The third-order valence-corrected chi connectivity index (χ3v) is 21.8. The van der Waals surface area contributed by atoms with E-state index in [1.54, 1.807) is 71.5 Å². The predicted molar refractivity (Wildman–Crippen MR) is 450 cm³/mol. The first-order valence-corrected chi connectivity index (χ1v) is 38.8. The Hall–Kier alpha value is -11.6. The van der Waals surface area contributed by atoms with E-state index < -0.39 is 84.5 Å². The van der Waals surface area contributed by atoms with Crippen molar-refractivity contribution >= 4 is 176 Å². The maximum absolute atomic E-state index is 13.5. The van der Waals surface area contributed by atoms with Gasteiger partial charge in [0.25, 0.3) is 0 Å². The van der Waals surface area contributed by atoms with Crippen LogP contribution >= 0.6 is 69.6 Å². The van der Waals surface area contributed by atoms with Crippen LogP contribution in [-0.4, -0.2) is 262 Å². The number of rotatable bonds is 23. The highest BCUT2D eigenvalue weighted by atomic mass is 35.5. The van der Waals surface area contributed by atoms with Crippen molar-refractivity contribution in [1.29, 1.82) is 0 Å². The van der Waals surface area contributed by atoms with Gasteiger partial charge in [-0.25, -0.2) is 34.1 Å². The number of carbonyl (C=O) groups is 9. The summed E-state index contributed by atoms with van der Waals surface area (Å²) in [6, 6.07) is 0.523. The quantitative estimate of drug-likeness (QED) is 0.0290. The maximum atomic E-state index is 13.5. The average Bonchev–Trinajstić information content (AvgIpc) is 1.10. The SMILES string of the molecule is C=CC(=O)NC1CN(C(=O)CN)CC1Nc1ncc2c(n1)N(C)C(=O)N(c1c(Cl)c(OC)cc(OC)c1Cl)C2.C=CC(=O)NC1CN(C(=O)CO)CC1Nc1ncc2c(n1)N(C)C(=O)N(c1c(Cl)c(OC)cc(OC)c1Cl)C2.C=CC(=O)NC1CN(C(=O)OC(C)(C)C)CC1Nc1ncc2c(n1)N(C)C(=O)N(c1c(Cl)c(OC)cc(OC)c1Cl)C2. The number of nitrogens with zero attached hydrogens (tertiary/aromatic N) is 15. The number of amides is 12. The summed E-state index contributed by atoms with van der Waals surface area (Å²) in [5.74, 6) is 1.53. The fraction of sp³-hybridized carbons (Fsp3) is 0.400. The van der Waals surface area contributed by atoms with Crippen LogP contribution in [0, 0.1) is 0 Å². The summed E-state index contributed by atoms with van der Waals surface area (Å²) in [5, 5.41) is 28.1. The molecule has 0 aliphatic carbocycles. The van der Waals surface area contributed by atoms with Crippen LogP contribution < -0.4 is 95.5 Å². The lowest BCUT2D eigenvalue weighted by atomic mass is 10.1. The predicted octanol–water partition coefficient (Wildman–Crippen LogP) is 7.37. The number of methoxy groups -OCH3 is 6. The standard InChI is InChI=1S/C27H33Cl2N7O6.C24H28Cl2N8O5.C24H27Cl2N7O6/c1-8-19(37)31-15-12-35(26(39)42-27(2,3)4)13-16(15)32-24-30-10-14-11-36(25(38)34(5)23(14)33-24)22-20(28)17(40-6)9-18(41-7)21(22)29;1-5-17(35)29-13-10-33(18(36)7-27)11-14(13)30-23-28-8-12-9-34(24(37)32(2)22(12)31-23)21-19(25)15(38-3)6-16(39-4)20(21)26;1-5-17(35)28-13-9-32(18(36)11-34)10-14(13)29-23-27-7-12-8-33(24(37)31(2)22(12)30-23)21-19(25)15(38-3)6-16(39-4)20(21)26/h8-10,15-16H,1,11-13H2,2-7H3,(H,31,37)(H,30,32,33);5-6,8,13-14H,1,7,9-11,27H2,2-4H3,(H,29,35)(H,28,30,31);5-7,13-14,34H,1,8-11H2,2-4H3,(H,28,35)(H,27,29,30). The second kappa shape index (κ2) is 38.6. The molecule has 120 heavy (non-hydrogen) atoms. The van der Waals surface area contributed by atoms with Gasteiger partial charge in [-0.1, -0.05) is 89.3 Å². The van der Waals surface area contributed by atoms with E-state index in [0.717, 1.165) is 18.2 Å². The molecule has 0 saturated carbocycles. The Balaban J connectivity index is 0.000000189. The number of carbonyl (C=O) groups excluding carboxylic acids is 9. The molecular weight excluding hydrogens is 1690 g/mol. The summed E-state index contributed by atoms with van der Waals surface area (Å²) in [7, 11) is 13.4. The Bertz CT molecular complexity index is 4750. The Morgan fingerprint density at radius 1 is 0.458 bits per heavy atom. The lowest BCUT2D eigenvalue weighted by Gasteiger charge is -2.35. The van der Waals surface area contributed by atoms with Crippen molar-refractivity contribution in [3.05, 3.63) is 122 Å². The van der Waals surface area contributed by atoms with E-state index in [4.69, 9.17) is 108 Å². The molecule has 3 fully saturated rings. The molecular formula is C75H88Cl6N22O17. The minimum Gasteiger partial charge on any atom is -0.495 e. The van der Waals surface area contributed by atoms with E-state index in [1.165, 1.54) is 94.0 Å². The highest BCUT2D eigenvalue weighted by Gasteiger charge is 2.44. The third kappa shape index (κ3) is 19.5. The molecule has 6 unspecified atom stereocenters. The molecule has 3 aromatic heterocycles. The van der Waals surface area contributed by atoms with Gasteiger partial charge in [0.05, 0.1) is 122 Å². The van der Waals surface area contributed by atoms with Gasteiger partial charge in [-0.15, -0.1) is 0 Å².